The van der Waals surface area contributed by atoms with E-state index in [1.54, 1.807) is 7.11 Å². The van der Waals surface area contributed by atoms with Gasteiger partial charge in [0, 0.05) is 25.8 Å². The van der Waals surface area contributed by atoms with Crippen LogP contribution in [0.1, 0.15) is 46.5 Å². The van der Waals surface area contributed by atoms with Crippen LogP contribution in [0.25, 0.3) is 0 Å². The normalized spacial score (nSPS) is 27.9. The van der Waals surface area contributed by atoms with Crippen LogP contribution in [-0.2, 0) is 4.74 Å². The third-order valence-electron chi connectivity index (χ3n) is 3.24. The number of nitrogens with one attached hydrogen (secondary N) is 1. The second-order valence-corrected chi connectivity index (χ2v) is 5.45. The average molecular weight is 199 g/mol. The summed E-state index contributed by atoms with van der Waals surface area (Å²) >= 11 is 0. The van der Waals surface area contributed by atoms with Crippen molar-refractivity contribution in [3.8, 4) is 0 Å². The fourth-order valence-corrected chi connectivity index (χ4v) is 2.36. The van der Waals surface area contributed by atoms with Crippen molar-refractivity contribution in [3.05, 3.63) is 0 Å². The number of ether oxygens (including phenoxy) is 1. The van der Waals surface area contributed by atoms with Crippen LogP contribution in [0.5, 0.6) is 0 Å². The number of methoxy groups -OCH3 is 1. The van der Waals surface area contributed by atoms with Crippen molar-refractivity contribution in [2.75, 3.05) is 13.7 Å². The predicted octanol–water partition coefficient (Wildman–Crippen LogP) is 2.58. The minimum atomic E-state index is 0.554. The van der Waals surface area contributed by atoms with E-state index in [1.807, 2.05) is 0 Å². The second kappa shape index (κ2) is 5.13. The molecule has 0 amide bonds. The van der Waals surface area contributed by atoms with Crippen molar-refractivity contribution in [3.63, 3.8) is 0 Å². The molecule has 2 heteroatoms. The Hall–Kier alpha value is -0.0800. The molecule has 0 aliphatic heterocycles. The third kappa shape index (κ3) is 3.97. The summed E-state index contributed by atoms with van der Waals surface area (Å²) in [5, 5.41) is 3.69. The highest BCUT2D eigenvalue weighted by Gasteiger charge is 2.31. The highest BCUT2D eigenvalue weighted by molar-refractivity contribution is 4.87. The monoisotopic (exact) mass is 199 g/mol. The van der Waals surface area contributed by atoms with E-state index in [4.69, 9.17) is 4.74 Å². The molecule has 2 unspecified atom stereocenters. The number of hydrogen-bond donors (Lipinski definition) is 1. The highest BCUT2D eigenvalue weighted by atomic mass is 16.5. The molecule has 1 saturated carbocycles. The largest absolute Gasteiger partial charge is 0.385 e. The molecule has 2 nitrogen and oxygen atoms in total. The summed E-state index contributed by atoms with van der Waals surface area (Å²) in [6.07, 6.45) is 5.14. The van der Waals surface area contributed by atoms with Gasteiger partial charge in [-0.2, -0.15) is 0 Å². The Morgan fingerprint density at radius 3 is 2.71 bits per heavy atom. The lowest BCUT2D eigenvalue weighted by molar-refractivity contribution is 0.182. The minimum absolute atomic E-state index is 0.554. The molecule has 0 spiro atoms. The van der Waals surface area contributed by atoms with Crippen molar-refractivity contribution < 1.29 is 4.74 Å². The van der Waals surface area contributed by atoms with Crippen LogP contribution >= 0.6 is 0 Å². The smallest absolute Gasteiger partial charge is 0.0476 e. The molecule has 14 heavy (non-hydrogen) atoms. The van der Waals surface area contributed by atoms with Gasteiger partial charge in [-0.15, -0.1) is 0 Å². The molecule has 0 bridgehead atoms. The molecule has 0 aromatic heterocycles. The molecule has 0 aromatic rings. The van der Waals surface area contributed by atoms with Crippen molar-refractivity contribution in [1.29, 1.82) is 0 Å². The van der Waals surface area contributed by atoms with Gasteiger partial charge in [0.2, 0.25) is 0 Å². The second-order valence-electron chi connectivity index (χ2n) is 5.45. The van der Waals surface area contributed by atoms with Crippen LogP contribution in [0, 0.1) is 5.41 Å². The summed E-state index contributed by atoms with van der Waals surface area (Å²) in [6, 6.07) is 1.32. The zero-order valence-corrected chi connectivity index (χ0v) is 10.1. The SMILES string of the molecule is COCCC(C)NC1CCC(C)(C)C1. The van der Waals surface area contributed by atoms with Crippen molar-refractivity contribution in [1.82, 2.24) is 5.32 Å². The Bertz CT molecular complexity index is 168. The first kappa shape index (κ1) is 12.0. The van der Waals surface area contributed by atoms with Gasteiger partial charge < -0.3 is 10.1 Å². The van der Waals surface area contributed by atoms with E-state index < -0.39 is 0 Å². The summed E-state index contributed by atoms with van der Waals surface area (Å²) in [4.78, 5) is 0. The maximum absolute atomic E-state index is 5.08. The molecular weight excluding hydrogens is 174 g/mol. The molecule has 1 rings (SSSR count). The maximum atomic E-state index is 5.08. The Kier molecular flexibility index (Phi) is 4.39. The molecule has 2 atom stereocenters. The standard InChI is InChI=1S/C12H25NO/c1-10(6-8-14-4)13-11-5-7-12(2,3)9-11/h10-11,13H,5-9H2,1-4H3. The van der Waals surface area contributed by atoms with Gasteiger partial charge in [-0.25, -0.2) is 0 Å². The molecule has 1 aliphatic carbocycles. The fraction of sp³-hybridized carbons (Fsp3) is 1.00. The summed E-state index contributed by atoms with van der Waals surface area (Å²) in [7, 11) is 1.77. The minimum Gasteiger partial charge on any atom is -0.385 e. The number of rotatable bonds is 5. The molecule has 0 saturated heterocycles. The van der Waals surface area contributed by atoms with Crippen LogP contribution in [0.15, 0.2) is 0 Å². The Morgan fingerprint density at radius 2 is 2.21 bits per heavy atom. The lowest BCUT2D eigenvalue weighted by Gasteiger charge is -2.21. The van der Waals surface area contributed by atoms with Crippen LogP contribution in [0.2, 0.25) is 0 Å². The van der Waals surface area contributed by atoms with Crippen LogP contribution < -0.4 is 5.32 Å². The van der Waals surface area contributed by atoms with E-state index in [0.29, 0.717) is 11.5 Å². The van der Waals surface area contributed by atoms with Gasteiger partial charge in [-0.05, 0) is 38.0 Å². The third-order valence-corrected chi connectivity index (χ3v) is 3.24. The molecule has 1 N–H and O–H groups in total. The van der Waals surface area contributed by atoms with Crippen LogP contribution in [-0.4, -0.2) is 25.8 Å². The first-order valence-electron chi connectivity index (χ1n) is 5.78. The average Bonchev–Trinajstić information content (AvgIpc) is 2.42. The van der Waals surface area contributed by atoms with Crippen LogP contribution in [0.4, 0.5) is 0 Å². The molecule has 0 heterocycles. The molecule has 1 fully saturated rings. The van der Waals surface area contributed by atoms with Gasteiger partial charge in [0.15, 0.2) is 0 Å². The molecular formula is C12H25NO. The molecule has 1 aliphatic rings. The van der Waals surface area contributed by atoms with E-state index in [2.05, 4.69) is 26.1 Å². The van der Waals surface area contributed by atoms with Gasteiger partial charge in [-0.3, -0.25) is 0 Å². The summed E-state index contributed by atoms with van der Waals surface area (Å²) in [6.45, 7) is 7.86. The van der Waals surface area contributed by atoms with Crippen molar-refractivity contribution >= 4 is 0 Å². The topological polar surface area (TPSA) is 21.3 Å². The first-order chi connectivity index (χ1) is 6.53. The van der Waals surface area contributed by atoms with E-state index >= 15 is 0 Å². The molecule has 0 radical (unpaired) electrons. The van der Waals surface area contributed by atoms with Crippen molar-refractivity contribution in [2.45, 2.75) is 58.5 Å². The zero-order chi connectivity index (χ0) is 10.6. The van der Waals surface area contributed by atoms with Crippen LogP contribution in [0.3, 0.4) is 0 Å². The van der Waals surface area contributed by atoms with Gasteiger partial charge in [0.1, 0.15) is 0 Å². The van der Waals surface area contributed by atoms with Crippen molar-refractivity contribution in [2.24, 2.45) is 5.41 Å². The van der Waals surface area contributed by atoms with E-state index in [-0.39, 0.29) is 0 Å². The van der Waals surface area contributed by atoms with E-state index in [9.17, 15) is 0 Å². The maximum Gasteiger partial charge on any atom is 0.0476 e. The lowest BCUT2D eigenvalue weighted by atomic mass is 9.92. The van der Waals surface area contributed by atoms with Gasteiger partial charge in [0.05, 0.1) is 0 Å². The highest BCUT2D eigenvalue weighted by Crippen LogP contribution is 2.37. The lowest BCUT2D eigenvalue weighted by Crippen LogP contribution is -2.36. The summed E-state index contributed by atoms with van der Waals surface area (Å²) in [5.41, 5.74) is 0.554. The number of hydrogen-bond acceptors (Lipinski definition) is 2. The van der Waals surface area contributed by atoms with Gasteiger partial charge >= 0.3 is 0 Å². The fourth-order valence-electron chi connectivity index (χ4n) is 2.36. The Balaban J connectivity index is 2.18. The van der Waals surface area contributed by atoms with Gasteiger partial charge in [-0.1, -0.05) is 13.8 Å². The Labute approximate surface area is 88.4 Å². The quantitative estimate of drug-likeness (QED) is 0.735. The predicted molar refractivity (Wildman–Crippen MR) is 60.5 cm³/mol. The summed E-state index contributed by atoms with van der Waals surface area (Å²) < 4.78 is 5.08. The summed E-state index contributed by atoms with van der Waals surface area (Å²) in [5.74, 6) is 0. The zero-order valence-electron chi connectivity index (χ0n) is 10.1. The molecule has 0 aromatic carbocycles. The Morgan fingerprint density at radius 1 is 1.50 bits per heavy atom. The molecule has 84 valence electrons. The van der Waals surface area contributed by atoms with Gasteiger partial charge in [0.25, 0.3) is 0 Å². The van der Waals surface area contributed by atoms with E-state index in [1.165, 1.54) is 19.3 Å². The first-order valence-corrected chi connectivity index (χ1v) is 5.78. The van der Waals surface area contributed by atoms with E-state index in [0.717, 1.165) is 19.1 Å².